The van der Waals surface area contributed by atoms with Crippen LogP contribution in [0, 0.1) is 6.92 Å². The van der Waals surface area contributed by atoms with Crippen LogP contribution in [-0.4, -0.2) is 0 Å². The van der Waals surface area contributed by atoms with E-state index in [1.165, 1.54) is 11.1 Å². The maximum absolute atomic E-state index is 6.49. The summed E-state index contributed by atoms with van der Waals surface area (Å²) in [6.07, 6.45) is 0.858. The Morgan fingerprint density at radius 3 is 2.41 bits per heavy atom. The number of aryl methyl sites for hydroxylation is 1. The van der Waals surface area contributed by atoms with E-state index in [-0.39, 0.29) is 5.38 Å². The normalized spacial score (nSPS) is 12.4. The van der Waals surface area contributed by atoms with E-state index in [2.05, 4.69) is 53.2 Å². The van der Waals surface area contributed by atoms with E-state index in [1.807, 2.05) is 18.2 Å². The first-order valence-electron chi connectivity index (χ1n) is 5.61. The molecule has 0 fully saturated rings. The molecule has 0 spiro atoms. The minimum absolute atomic E-state index is 0.00618. The number of hydrogen-bond acceptors (Lipinski definition) is 0. The molecule has 0 heterocycles. The van der Waals surface area contributed by atoms with Crippen molar-refractivity contribution in [2.75, 3.05) is 0 Å². The van der Waals surface area contributed by atoms with Gasteiger partial charge in [0.25, 0.3) is 0 Å². The van der Waals surface area contributed by atoms with E-state index >= 15 is 0 Å². The van der Waals surface area contributed by atoms with Crippen LogP contribution < -0.4 is 0 Å². The molecule has 2 aromatic rings. The van der Waals surface area contributed by atoms with Gasteiger partial charge >= 0.3 is 0 Å². The summed E-state index contributed by atoms with van der Waals surface area (Å²) in [7, 11) is 0. The van der Waals surface area contributed by atoms with Crippen LogP contribution in [0.1, 0.15) is 22.1 Å². The fourth-order valence-corrected chi connectivity index (χ4v) is 2.92. The largest absolute Gasteiger partial charge is 0.117 e. The molecule has 0 aliphatic carbocycles. The highest BCUT2D eigenvalue weighted by Crippen LogP contribution is 2.31. The molecule has 2 rings (SSSR count). The van der Waals surface area contributed by atoms with Crippen LogP contribution in [0.2, 0.25) is 0 Å². The van der Waals surface area contributed by atoms with E-state index in [9.17, 15) is 0 Å². The van der Waals surface area contributed by atoms with Gasteiger partial charge in [0.2, 0.25) is 0 Å². The Morgan fingerprint density at radius 2 is 1.71 bits per heavy atom. The summed E-state index contributed by atoms with van der Waals surface area (Å²) < 4.78 is 1.08. The lowest BCUT2D eigenvalue weighted by Gasteiger charge is -2.13. The summed E-state index contributed by atoms with van der Waals surface area (Å²) in [5.41, 5.74) is 3.76. The van der Waals surface area contributed by atoms with Crippen molar-refractivity contribution in [3.63, 3.8) is 0 Å². The summed E-state index contributed by atoms with van der Waals surface area (Å²) in [6.45, 7) is 2.12. The van der Waals surface area contributed by atoms with Gasteiger partial charge in [0.15, 0.2) is 0 Å². The quantitative estimate of drug-likeness (QED) is 0.677. The van der Waals surface area contributed by atoms with Crippen molar-refractivity contribution >= 4 is 27.5 Å². The van der Waals surface area contributed by atoms with Crippen LogP contribution in [0.5, 0.6) is 0 Å². The predicted octanol–water partition coefficient (Wildman–Crippen LogP) is 5.28. The number of alkyl halides is 1. The topological polar surface area (TPSA) is 0 Å². The zero-order valence-electron chi connectivity index (χ0n) is 9.66. The highest BCUT2D eigenvalue weighted by atomic mass is 79.9. The molecule has 0 saturated carbocycles. The Balaban J connectivity index is 2.20. The van der Waals surface area contributed by atoms with E-state index in [0.29, 0.717) is 0 Å². The monoisotopic (exact) mass is 308 g/mol. The highest BCUT2D eigenvalue weighted by molar-refractivity contribution is 9.10. The molecule has 0 nitrogen and oxygen atoms in total. The van der Waals surface area contributed by atoms with Crippen molar-refractivity contribution < 1.29 is 0 Å². The number of rotatable bonds is 3. The molecule has 0 bridgehead atoms. The molecule has 0 saturated heterocycles. The SMILES string of the molecule is Cc1ccccc1CC(Cl)c1ccccc1Br. The van der Waals surface area contributed by atoms with Gasteiger partial charge in [-0.25, -0.2) is 0 Å². The molecule has 2 aromatic carbocycles. The van der Waals surface area contributed by atoms with Gasteiger partial charge in [-0.1, -0.05) is 58.4 Å². The molecule has 0 aliphatic rings. The Labute approximate surface area is 116 Å². The van der Waals surface area contributed by atoms with Gasteiger partial charge in [0.1, 0.15) is 0 Å². The molecule has 1 atom stereocenters. The van der Waals surface area contributed by atoms with Crippen LogP contribution >= 0.6 is 27.5 Å². The third-order valence-corrected chi connectivity index (χ3v) is 4.01. The molecule has 88 valence electrons. The fourth-order valence-electron chi connectivity index (χ4n) is 1.87. The van der Waals surface area contributed by atoms with Gasteiger partial charge < -0.3 is 0 Å². The maximum Gasteiger partial charge on any atom is 0.0636 e. The smallest absolute Gasteiger partial charge is 0.0636 e. The van der Waals surface area contributed by atoms with E-state index in [0.717, 1.165) is 16.5 Å². The first-order chi connectivity index (χ1) is 8.18. The first-order valence-corrected chi connectivity index (χ1v) is 6.84. The number of halogens is 2. The van der Waals surface area contributed by atoms with Crippen LogP contribution in [0.3, 0.4) is 0 Å². The zero-order valence-corrected chi connectivity index (χ0v) is 12.0. The van der Waals surface area contributed by atoms with E-state index < -0.39 is 0 Å². The Hall–Kier alpha value is -0.790. The highest BCUT2D eigenvalue weighted by Gasteiger charge is 2.12. The third-order valence-electron chi connectivity index (χ3n) is 2.90. The first kappa shape index (κ1) is 12.7. The summed E-state index contributed by atoms with van der Waals surface area (Å²) >= 11 is 10.0. The van der Waals surface area contributed by atoms with Gasteiger partial charge in [-0.15, -0.1) is 11.6 Å². The Kier molecular flexibility index (Phi) is 4.25. The third kappa shape index (κ3) is 3.11. The molecule has 0 radical (unpaired) electrons. The van der Waals surface area contributed by atoms with Crippen molar-refractivity contribution in [3.8, 4) is 0 Å². The summed E-state index contributed by atoms with van der Waals surface area (Å²) in [4.78, 5) is 0. The predicted molar refractivity (Wildman–Crippen MR) is 77.6 cm³/mol. The summed E-state index contributed by atoms with van der Waals surface area (Å²) in [5.74, 6) is 0. The lowest BCUT2D eigenvalue weighted by Crippen LogP contribution is -1.98. The van der Waals surface area contributed by atoms with Crippen molar-refractivity contribution in [2.24, 2.45) is 0 Å². The average molecular weight is 310 g/mol. The zero-order chi connectivity index (χ0) is 12.3. The second-order valence-corrected chi connectivity index (χ2v) is 5.50. The van der Waals surface area contributed by atoms with Gasteiger partial charge in [-0.2, -0.15) is 0 Å². The fraction of sp³-hybridized carbons (Fsp3) is 0.200. The minimum atomic E-state index is 0.00618. The minimum Gasteiger partial charge on any atom is -0.117 e. The molecule has 0 N–H and O–H groups in total. The standard InChI is InChI=1S/C15H14BrCl/c1-11-6-2-3-7-12(11)10-15(17)13-8-4-5-9-14(13)16/h2-9,15H,10H2,1H3. The Morgan fingerprint density at radius 1 is 1.06 bits per heavy atom. The molecule has 0 aromatic heterocycles. The van der Waals surface area contributed by atoms with Gasteiger partial charge in [0, 0.05) is 4.47 Å². The van der Waals surface area contributed by atoms with Crippen molar-refractivity contribution in [1.29, 1.82) is 0 Å². The second kappa shape index (κ2) is 5.70. The lowest BCUT2D eigenvalue weighted by molar-refractivity contribution is 0.906. The average Bonchev–Trinajstić information content (AvgIpc) is 2.32. The molecular formula is C15H14BrCl. The maximum atomic E-state index is 6.49. The van der Waals surface area contributed by atoms with E-state index in [1.54, 1.807) is 0 Å². The molecule has 0 amide bonds. The van der Waals surface area contributed by atoms with E-state index in [4.69, 9.17) is 11.6 Å². The van der Waals surface area contributed by atoms with Crippen molar-refractivity contribution in [2.45, 2.75) is 18.7 Å². The van der Waals surface area contributed by atoms with Crippen LogP contribution in [0.25, 0.3) is 0 Å². The molecule has 1 unspecified atom stereocenters. The lowest BCUT2D eigenvalue weighted by atomic mass is 10.0. The van der Waals surface area contributed by atoms with Crippen molar-refractivity contribution in [1.82, 2.24) is 0 Å². The summed E-state index contributed by atoms with van der Waals surface area (Å²) in [6, 6.07) is 16.5. The van der Waals surface area contributed by atoms with Gasteiger partial charge in [0.05, 0.1) is 5.38 Å². The second-order valence-electron chi connectivity index (χ2n) is 4.12. The Bertz CT molecular complexity index is 508. The molecule has 2 heteroatoms. The van der Waals surface area contributed by atoms with Crippen LogP contribution in [0.15, 0.2) is 53.0 Å². The summed E-state index contributed by atoms with van der Waals surface area (Å²) in [5, 5.41) is 0.00618. The molecule has 0 aliphatic heterocycles. The van der Waals surface area contributed by atoms with Gasteiger partial charge in [-0.3, -0.25) is 0 Å². The van der Waals surface area contributed by atoms with Crippen LogP contribution in [0.4, 0.5) is 0 Å². The van der Waals surface area contributed by atoms with Crippen molar-refractivity contribution in [3.05, 3.63) is 69.7 Å². The molecule has 17 heavy (non-hydrogen) atoms. The number of hydrogen-bond donors (Lipinski definition) is 0. The molecular weight excluding hydrogens is 296 g/mol. The van der Waals surface area contributed by atoms with Gasteiger partial charge in [-0.05, 0) is 36.1 Å². The van der Waals surface area contributed by atoms with Crippen LogP contribution in [-0.2, 0) is 6.42 Å². The number of benzene rings is 2.